The number of benzene rings is 2. The number of amides is 3. The van der Waals surface area contributed by atoms with E-state index in [1.807, 2.05) is 19.9 Å². The van der Waals surface area contributed by atoms with Crippen molar-refractivity contribution in [2.24, 2.45) is 0 Å². The molecule has 5 rings (SSSR count). The van der Waals surface area contributed by atoms with Crippen LogP contribution in [0.1, 0.15) is 25.8 Å². The lowest BCUT2D eigenvalue weighted by Gasteiger charge is -2.38. The van der Waals surface area contributed by atoms with Gasteiger partial charge in [-0.1, -0.05) is 24.2 Å². The van der Waals surface area contributed by atoms with Crippen LogP contribution >= 0.6 is 11.6 Å². The molecule has 3 amide bonds. The van der Waals surface area contributed by atoms with Gasteiger partial charge < -0.3 is 30.1 Å². The first-order valence-corrected chi connectivity index (χ1v) is 14.6. The molecule has 1 fully saturated rings. The van der Waals surface area contributed by atoms with Crippen molar-refractivity contribution in [3.05, 3.63) is 65.6 Å². The minimum atomic E-state index is -0.651. The van der Waals surface area contributed by atoms with Crippen LogP contribution in [0.4, 0.5) is 43.7 Å². The molecule has 2 N–H and O–H groups in total. The lowest BCUT2D eigenvalue weighted by Crippen LogP contribution is -2.48. The number of urea groups is 1. The van der Waals surface area contributed by atoms with Crippen molar-refractivity contribution >= 4 is 58.1 Å². The maximum Gasteiger partial charge on any atom is 0.330 e. The SMILES string of the molecule is C=CC(=O)Nc1cc(Nc2ncc3c(n2)N(c2cccc(F)c2Cl)C(=O)N(C(C)C)C3)c(OC)cc1N1CC[C@@H](N(C)C)C1. The zero-order valence-electron chi connectivity index (χ0n) is 25.4. The Kier molecular flexibility index (Phi) is 8.93. The van der Waals surface area contributed by atoms with Gasteiger partial charge in [0.2, 0.25) is 11.9 Å². The van der Waals surface area contributed by atoms with Crippen LogP contribution in [0.5, 0.6) is 5.75 Å². The summed E-state index contributed by atoms with van der Waals surface area (Å²) in [5.74, 6) is -0.0706. The molecular formula is C31H36ClFN8O3. The fraction of sp³-hybridized carbons (Fsp3) is 0.355. The first-order valence-electron chi connectivity index (χ1n) is 14.3. The number of ether oxygens (including phenoxy) is 1. The van der Waals surface area contributed by atoms with E-state index in [0.29, 0.717) is 28.7 Å². The number of nitrogens with one attached hydrogen (secondary N) is 2. The fourth-order valence-corrected chi connectivity index (χ4v) is 5.61. The Balaban J connectivity index is 1.56. The Morgan fingerprint density at radius 2 is 2.02 bits per heavy atom. The molecule has 11 nitrogen and oxygen atoms in total. The second-order valence-electron chi connectivity index (χ2n) is 11.2. The molecule has 2 aromatic carbocycles. The maximum atomic E-state index is 14.5. The molecule has 1 aromatic heterocycles. The molecule has 0 aliphatic carbocycles. The van der Waals surface area contributed by atoms with Crippen LogP contribution < -0.4 is 25.2 Å². The number of carbonyl (C=O) groups excluding carboxylic acids is 2. The standard InChI is InChI=1S/C31H36ClFN8O3/c1-7-27(42)35-22-13-23(26(44-6)14-25(22)39-12-11-20(17-39)38(4)5)36-30-34-15-19-16-40(18(2)3)31(43)41(29(19)37-30)24-10-8-9-21(33)28(24)32/h7-10,13-15,18,20H,1,11-12,16-17H2,2-6H3,(H,35,42)(H,34,36,37)/t20-/m1/s1. The highest BCUT2D eigenvalue weighted by molar-refractivity contribution is 6.34. The second-order valence-corrected chi connectivity index (χ2v) is 11.6. The van der Waals surface area contributed by atoms with Gasteiger partial charge in [0.1, 0.15) is 16.6 Å². The molecular weight excluding hydrogens is 587 g/mol. The monoisotopic (exact) mass is 622 g/mol. The third-order valence-corrected chi connectivity index (χ3v) is 8.24. The lowest BCUT2D eigenvalue weighted by molar-refractivity contribution is -0.111. The maximum absolute atomic E-state index is 14.5. The number of hydrogen-bond donors (Lipinski definition) is 2. The van der Waals surface area contributed by atoms with Gasteiger partial charge in [0, 0.05) is 43.0 Å². The molecule has 3 heterocycles. The highest BCUT2D eigenvalue weighted by atomic mass is 35.5. The summed E-state index contributed by atoms with van der Waals surface area (Å²) in [5, 5.41) is 5.91. The smallest absolute Gasteiger partial charge is 0.330 e. The Morgan fingerprint density at radius 1 is 1.25 bits per heavy atom. The van der Waals surface area contributed by atoms with Crippen molar-refractivity contribution in [2.75, 3.05) is 54.7 Å². The van der Waals surface area contributed by atoms with Gasteiger partial charge in [-0.25, -0.2) is 19.1 Å². The van der Waals surface area contributed by atoms with E-state index in [-0.39, 0.29) is 47.0 Å². The van der Waals surface area contributed by atoms with Crippen LogP contribution in [-0.4, -0.2) is 78.1 Å². The minimum Gasteiger partial charge on any atom is -0.494 e. The summed E-state index contributed by atoms with van der Waals surface area (Å²) < 4.78 is 20.3. The molecule has 3 aromatic rings. The number of nitrogens with zero attached hydrogens (tertiary/aromatic N) is 6. The van der Waals surface area contributed by atoms with E-state index in [0.717, 1.165) is 25.2 Å². The highest BCUT2D eigenvalue weighted by Crippen LogP contribution is 2.42. The summed E-state index contributed by atoms with van der Waals surface area (Å²) in [6.45, 7) is 9.25. The van der Waals surface area contributed by atoms with Crippen LogP contribution in [0.25, 0.3) is 0 Å². The van der Waals surface area contributed by atoms with Gasteiger partial charge in [0.05, 0.1) is 36.4 Å². The van der Waals surface area contributed by atoms with Crippen molar-refractivity contribution in [1.82, 2.24) is 19.8 Å². The lowest BCUT2D eigenvalue weighted by atomic mass is 10.1. The van der Waals surface area contributed by atoms with Gasteiger partial charge in [-0.05, 0) is 58.6 Å². The van der Waals surface area contributed by atoms with Crippen molar-refractivity contribution in [1.29, 1.82) is 0 Å². The van der Waals surface area contributed by atoms with Crippen LogP contribution in [0.3, 0.4) is 0 Å². The number of rotatable bonds is 9. The van der Waals surface area contributed by atoms with Crippen molar-refractivity contribution < 1.29 is 18.7 Å². The molecule has 0 spiro atoms. The Bertz CT molecular complexity index is 1600. The van der Waals surface area contributed by atoms with Crippen molar-refractivity contribution in [3.63, 3.8) is 0 Å². The van der Waals surface area contributed by atoms with E-state index in [9.17, 15) is 14.0 Å². The molecule has 0 radical (unpaired) electrons. The van der Waals surface area contributed by atoms with Crippen LogP contribution in [0.15, 0.2) is 49.2 Å². The van der Waals surface area contributed by atoms with Crippen LogP contribution in [-0.2, 0) is 11.3 Å². The topological polar surface area (TPSA) is 106 Å². The van der Waals surface area contributed by atoms with Gasteiger partial charge in [0.25, 0.3) is 0 Å². The van der Waals surface area contributed by atoms with Gasteiger partial charge in [-0.15, -0.1) is 0 Å². The van der Waals surface area contributed by atoms with Crippen LogP contribution in [0.2, 0.25) is 5.02 Å². The normalized spacial score (nSPS) is 16.4. The molecule has 0 unspecified atom stereocenters. The molecule has 0 saturated carbocycles. The van der Waals surface area contributed by atoms with Crippen LogP contribution in [0, 0.1) is 5.82 Å². The summed E-state index contributed by atoms with van der Waals surface area (Å²) in [6, 6.07) is 7.76. The first kappa shape index (κ1) is 31.0. The Morgan fingerprint density at radius 3 is 2.68 bits per heavy atom. The third kappa shape index (κ3) is 6.00. The molecule has 1 saturated heterocycles. The largest absolute Gasteiger partial charge is 0.494 e. The van der Waals surface area contributed by atoms with E-state index < -0.39 is 5.82 Å². The summed E-state index contributed by atoms with van der Waals surface area (Å²) in [5.41, 5.74) is 2.69. The number of fused-ring (bicyclic) bond motifs is 1. The fourth-order valence-electron chi connectivity index (χ4n) is 5.40. The van der Waals surface area contributed by atoms with Crippen molar-refractivity contribution in [2.45, 2.75) is 38.9 Å². The number of halogens is 2. The highest BCUT2D eigenvalue weighted by Gasteiger charge is 2.36. The number of carbonyl (C=O) groups is 2. The van der Waals surface area contributed by atoms with Gasteiger partial charge in [-0.2, -0.15) is 4.98 Å². The number of aromatic nitrogens is 2. The van der Waals surface area contributed by atoms with E-state index >= 15 is 0 Å². The van der Waals surface area contributed by atoms with Gasteiger partial charge in [0.15, 0.2) is 5.82 Å². The van der Waals surface area contributed by atoms with Gasteiger partial charge >= 0.3 is 6.03 Å². The third-order valence-electron chi connectivity index (χ3n) is 7.87. The predicted octanol–water partition coefficient (Wildman–Crippen LogP) is 5.77. The van der Waals surface area contributed by atoms with E-state index in [1.54, 1.807) is 30.3 Å². The molecule has 232 valence electrons. The first-order chi connectivity index (χ1) is 21.0. The molecule has 44 heavy (non-hydrogen) atoms. The van der Waals surface area contributed by atoms with E-state index in [1.165, 1.54) is 23.1 Å². The Hall–Kier alpha value is -4.42. The molecule has 1 atom stereocenters. The summed E-state index contributed by atoms with van der Waals surface area (Å²) in [6.07, 6.45) is 3.81. The summed E-state index contributed by atoms with van der Waals surface area (Å²) in [7, 11) is 5.66. The summed E-state index contributed by atoms with van der Waals surface area (Å²) in [4.78, 5) is 42.6. The second kappa shape index (κ2) is 12.7. The minimum absolute atomic E-state index is 0.140. The molecule has 13 heteroatoms. The predicted molar refractivity (Wildman–Crippen MR) is 171 cm³/mol. The molecule has 2 aliphatic heterocycles. The van der Waals surface area contributed by atoms with Gasteiger partial charge in [-0.3, -0.25) is 4.79 Å². The van der Waals surface area contributed by atoms with E-state index in [4.69, 9.17) is 21.3 Å². The number of methoxy groups -OCH3 is 1. The molecule has 0 bridgehead atoms. The molecule has 2 aliphatic rings. The number of likely N-dealkylation sites (N-methyl/N-ethyl adjacent to an activating group) is 1. The van der Waals surface area contributed by atoms with Crippen molar-refractivity contribution in [3.8, 4) is 5.75 Å². The number of hydrogen-bond acceptors (Lipinski definition) is 8. The zero-order chi connectivity index (χ0) is 31.7. The van der Waals surface area contributed by atoms with E-state index in [2.05, 4.69) is 46.1 Å². The number of anilines is 6. The average Bonchev–Trinajstić information content (AvgIpc) is 3.49. The summed E-state index contributed by atoms with van der Waals surface area (Å²) >= 11 is 6.35. The zero-order valence-corrected chi connectivity index (χ0v) is 26.2. The Labute approximate surface area is 261 Å². The quantitative estimate of drug-likeness (QED) is 0.290. The average molecular weight is 623 g/mol.